The van der Waals surface area contributed by atoms with E-state index in [4.69, 9.17) is 9.97 Å². The summed E-state index contributed by atoms with van der Waals surface area (Å²) in [5, 5.41) is 3.44. The molecule has 0 radical (unpaired) electrons. The van der Waals surface area contributed by atoms with E-state index in [1.165, 1.54) is 32.4 Å². The predicted molar refractivity (Wildman–Crippen MR) is 146 cm³/mol. The van der Waals surface area contributed by atoms with Crippen LogP contribution in [-0.2, 0) is 6.54 Å². The maximum Gasteiger partial charge on any atom is 0.274 e. The lowest BCUT2D eigenvalue weighted by Gasteiger charge is -2.26. The van der Waals surface area contributed by atoms with E-state index in [0.29, 0.717) is 22.9 Å². The van der Waals surface area contributed by atoms with Gasteiger partial charge in [-0.25, -0.2) is 9.97 Å². The van der Waals surface area contributed by atoms with E-state index in [2.05, 4.69) is 33.6 Å². The highest BCUT2D eigenvalue weighted by atomic mass is 16.2. The normalized spacial score (nSPS) is 14.3. The number of hydrogen-bond donors (Lipinski definition) is 1. The zero-order valence-corrected chi connectivity index (χ0v) is 22.0. The van der Waals surface area contributed by atoms with Crippen molar-refractivity contribution in [2.24, 2.45) is 0 Å². The molecule has 0 aliphatic carbocycles. The lowest BCUT2D eigenvalue weighted by atomic mass is 10.1. The van der Waals surface area contributed by atoms with Crippen LogP contribution in [0.3, 0.4) is 0 Å². The summed E-state index contributed by atoms with van der Waals surface area (Å²) in [6.45, 7) is 10.0. The summed E-state index contributed by atoms with van der Waals surface area (Å²) < 4.78 is 2.10. The first-order valence-electron chi connectivity index (χ1n) is 13.8. The number of carbonyl (C=O) groups excluding carboxylic acids is 1. The standard InChI is InChI=1S/C28H41N7O/c1-3-5-19-34(20-6-4-2)27(36)24-22-29-25-26(31-24)35(21-13-18-33-16-11-8-12-17-33)28(32-25)30-23-14-9-7-10-15-23/h7,9-10,14-15,22H,3-6,8,11-13,16-21H2,1-2H3,(H,29,30,32). The van der Waals surface area contributed by atoms with Crippen molar-refractivity contribution in [1.82, 2.24) is 29.3 Å². The Labute approximate surface area is 215 Å². The molecule has 1 aromatic carbocycles. The van der Waals surface area contributed by atoms with Crippen LogP contribution in [0.4, 0.5) is 11.6 Å². The molecule has 3 aromatic rings. The number of aromatic nitrogens is 4. The minimum Gasteiger partial charge on any atom is -0.337 e. The topological polar surface area (TPSA) is 79.2 Å². The van der Waals surface area contributed by atoms with Gasteiger partial charge in [-0.15, -0.1) is 0 Å². The molecule has 0 bridgehead atoms. The number of anilines is 2. The smallest absolute Gasteiger partial charge is 0.274 e. The summed E-state index contributed by atoms with van der Waals surface area (Å²) in [7, 11) is 0. The predicted octanol–water partition coefficient (Wildman–Crippen LogP) is 5.49. The van der Waals surface area contributed by atoms with Gasteiger partial charge < -0.3 is 15.1 Å². The molecule has 2 aromatic heterocycles. The second kappa shape index (κ2) is 13.3. The van der Waals surface area contributed by atoms with Gasteiger partial charge in [0.25, 0.3) is 5.91 Å². The highest BCUT2D eigenvalue weighted by Gasteiger charge is 2.21. The number of amides is 1. The van der Waals surface area contributed by atoms with Crippen LogP contribution in [0.5, 0.6) is 0 Å². The van der Waals surface area contributed by atoms with Gasteiger partial charge in [0.05, 0.1) is 6.20 Å². The Hall–Kier alpha value is -3.00. The maximum atomic E-state index is 13.4. The zero-order chi connectivity index (χ0) is 25.2. The van der Waals surface area contributed by atoms with E-state index in [0.717, 1.165) is 64.0 Å². The van der Waals surface area contributed by atoms with Gasteiger partial charge in [-0.05, 0) is 63.9 Å². The Morgan fingerprint density at radius 1 is 0.944 bits per heavy atom. The molecule has 8 nitrogen and oxygen atoms in total. The van der Waals surface area contributed by atoms with Crippen molar-refractivity contribution in [3.05, 3.63) is 42.2 Å². The van der Waals surface area contributed by atoms with Crippen molar-refractivity contribution in [2.45, 2.75) is 71.8 Å². The molecule has 1 N–H and O–H groups in total. The number of imidazole rings is 1. The number of piperidine rings is 1. The van der Waals surface area contributed by atoms with Crippen molar-refractivity contribution in [3.8, 4) is 0 Å². The molecule has 1 aliphatic rings. The fourth-order valence-electron chi connectivity index (χ4n) is 4.77. The number of benzene rings is 1. The summed E-state index contributed by atoms with van der Waals surface area (Å²) in [5.74, 6) is 0.679. The van der Waals surface area contributed by atoms with Gasteiger partial charge in [-0.1, -0.05) is 51.3 Å². The molecule has 3 heterocycles. The number of nitrogens with one attached hydrogen (secondary N) is 1. The van der Waals surface area contributed by atoms with Crippen LogP contribution in [0.25, 0.3) is 11.3 Å². The van der Waals surface area contributed by atoms with Crippen molar-refractivity contribution in [3.63, 3.8) is 0 Å². The minimum absolute atomic E-state index is 0.0371. The summed E-state index contributed by atoms with van der Waals surface area (Å²) in [4.78, 5) is 32.0. The fourth-order valence-corrected chi connectivity index (χ4v) is 4.77. The van der Waals surface area contributed by atoms with Crippen molar-refractivity contribution in [1.29, 1.82) is 0 Å². The lowest BCUT2D eigenvalue weighted by molar-refractivity contribution is 0.0745. The van der Waals surface area contributed by atoms with E-state index >= 15 is 0 Å². The third-order valence-corrected chi connectivity index (χ3v) is 6.86. The zero-order valence-electron chi connectivity index (χ0n) is 22.0. The summed E-state index contributed by atoms with van der Waals surface area (Å²) >= 11 is 0. The van der Waals surface area contributed by atoms with Crippen LogP contribution in [0.15, 0.2) is 36.5 Å². The monoisotopic (exact) mass is 491 g/mol. The molecule has 8 heteroatoms. The molecular weight excluding hydrogens is 450 g/mol. The molecular formula is C28H41N7O. The number of fused-ring (bicyclic) bond motifs is 1. The van der Waals surface area contributed by atoms with Gasteiger partial charge in [0.15, 0.2) is 11.3 Å². The number of aryl methyl sites for hydroxylation is 1. The number of para-hydroxylation sites is 1. The lowest BCUT2D eigenvalue weighted by Crippen LogP contribution is -2.33. The van der Waals surface area contributed by atoms with Crippen molar-refractivity contribution in [2.75, 3.05) is 38.0 Å². The number of unbranched alkanes of at least 4 members (excludes halogenated alkanes) is 2. The average Bonchev–Trinajstić information content (AvgIpc) is 3.25. The van der Waals surface area contributed by atoms with Crippen LogP contribution >= 0.6 is 0 Å². The molecule has 0 atom stereocenters. The van der Waals surface area contributed by atoms with Gasteiger partial charge in [-0.3, -0.25) is 9.36 Å². The second-order valence-corrected chi connectivity index (χ2v) is 9.74. The highest BCUT2D eigenvalue weighted by Crippen LogP contribution is 2.22. The van der Waals surface area contributed by atoms with Crippen LogP contribution in [0.1, 0.15) is 75.7 Å². The van der Waals surface area contributed by atoms with Crippen molar-refractivity contribution >= 4 is 28.8 Å². The summed E-state index contributed by atoms with van der Waals surface area (Å²) in [6, 6.07) is 10.0. The molecule has 36 heavy (non-hydrogen) atoms. The van der Waals surface area contributed by atoms with Crippen LogP contribution in [0, 0.1) is 0 Å². The molecule has 0 unspecified atom stereocenters. The minimum atomic E-state index is -0.0371. The number of nitrogens with zero attached hydrogens (tertiary/aromatic N) is 6. The first-order chi connectivity index (χ1) is 17.7. The number of likely N-dealkylation sites (tertiary alicyclic amines) is 1. The molecule has 1 fully saturated rings. The van der Waals surface area contributed by atoms with Crippen LogP contribution in [-0.4, -0.2) is 67.9 Å². The number of rotatable bonds is 13. The van der Waals surface area contributed by atoms with Crippen LogP contribution < -0.4 is 5.32 Å². The van der Waals surface area contributed by atoms with Gasteiger partial charge in [0, 0.05) is 25.3 Å². The fraction of sp³-hybridized carbons (Fsp3) is 0.571. The van der Waals surface area contributed by atoms with Gasteiger partial charge >= 0.3 is 0 Å². The Morgan fingerprint density at radius 2 is 1.67 bits per heavy atom. The molecule has 1 aliphatic heterocycles. The number of hydrogen-bond acceptors (Lipinski definition) is 6. The molecule has 0 saturated carbocycles. The van der Waals surface area contributed by atoms with Crippen molar-refractivity contribution < 1.29 is 4.79 Å². The maximum absolute atomic E-state index is 13.4. The van der Waals surface area contributed by atoms with E-state index in [9.17, 15) is 4.79 Å². The largest absolute Gasteiger partial charge is 0.337 e. The van der Waals surface area contributed by atoms with E-state index < -0.39 is 0 Å². The van der Waals surface area contributed by atoms with E-state index in [1.807, 2.05) is 35.2 Å². The third kappa shape index (κ3) is 6.81. The molecule has 1 saturated heterocycles. The Bertz CT molecular complexity index is 1080. The number of carbonyl (C=O) groups is 1. The Morgan fingerprint density at radius 3 is 2.36 bits per heavy atom. The van der Waals surface area contributed by atoms with E-state index in [-0.39, 0.29) is 5.91 Å². The Balaban J connectivity index is 1.60. The molecule has 194 valence electrons. The van der Waals surface area contributed by atoms with Gasteiger partial charge in [0.2, 0.25) is 5.95 Å². The van der Waals surface area contributed by atoms with E-state index in [1.54, 1.807) is 6.20 Å². The second-order valence-electron chi connectivity index (χ2n) is 9.74. The van der Waals surface area contributed by atoms with Gasteiger partial charge in [0.1, 0.15) is 5.69 Å². The summed E-state index contributed by atoms with van der Waals surface area (Å²) in [5.41, 5.74) is 2.60. The molecule has 0 spiro atoms. The first kappa shape index (κ1) is 26.1. The molecule has 4 rings (SSSR count). The summed E-state index contributed by atoms with van der Waals surface area (Å²) in [6.07, 6.45) is 10.6. The first-order valence-corrected chi connectivity index (χ1v) is 13.8. The quantitative estimate of drug-likeness (QED) is 0.341. The Kier molecular flexibility index (Phi) is 9.67. The third-order valence-electron chi connectivity index (χ3n) is 6.86. The SMILES string of the molecule is CCCCN(CCCC)C(=O)c1cnc2nc(Nc3ccccc3)n(CCCN3CCCCC3)c2n1. The van der Waals surface area contributed by atoms with Gasteiger partial charge in [-0.2, -0.15) is 4.98 Å². The van der Waals surface area contributed by atoms with Crippen LogP contribution in [0.2, 0.25) is 0 Å². The highest BCUT2D eigenvalue weighted by molar-refractivity contribution is 5.93. The molecule has 1 amide bonds. The average molecular weight is 492 g/mol.